The largest absolute Gasteiger partial charge is 0.394 e. The summed E-state index contributed by atoms with van der Waals surface area (Å²) < 4.78 is 11.4. The molecule has 4 heterocycles. The summed E-state index contributed by atoms with van der Waals surface area (Å²) in [6.07, 6.45) is -7.67. The minimum atomic E-state index is -2.67. The van der Waals surface area contributed by atoms with Crippen molar-refractivity contribution in [2.24, 2.45) is 0 Å². The average molecular weight is 534 g/mol. The van der Waals surface area contributed by atoms with Gasteiger partial charge in [0.25, 0.3) is 17.0 Å². The number of nitrogens with zero attached hydrogens (tertiary/aromatic N) is 2. The first-order chi connectivity index (χ1) is 17.4. The molecule has 0 radical (unpaired) electrons. The van der Waals surface area contributed by atoms with Crippen molar-refractivity contribution in [1.82, 2.24) is 19.1 Å². The summed E-state index contributed by atoms with van der Waals surface area (Å²) in [5.41, 5.74) is -3.55. The van der Waals surface area contributed by atoms with Crippen LogP contribution in [0, 0.1) is 0 Å². The van der Waals surface area contributed by atoms with Crippen LogP contribution in [0.3, 0.4) is 0 Å². The molecule has 18 heteroatoms. The van der Waals surface area contributed by atoms with Crippen molar-refractivity contribution in [2.75, 3.05) is 13.2 Å². The lowest BCUT2D eigenvalue weighted by atomic mass is 10.1. The molecule has 0 unspecified atom stereocenters. The molecule has 0 bridgehead atoms. The average Bonchev–Trinajstić information content (AvgIpc) is 3.27. The number of aromatic nitrogens is 4. The lowest BCUT2D eigenvalue weighted by Crippen LogP contribution is -2.52. The first kappa shape index (κ1) is 28.5. The zero-order chi connectivity index (χ0) is 27.7. The standard InChI is InChI=1S/C10H14N2O8.C9H12N2O6/c13-2-4-1-12(9(18)11-8(4)17)10(19)7(16)6(15)5(3-14)20-10;12-3-4-6(14)7(15)8(17-4)11-2-1-5(13)10-9(11)16/h1,5-7,13-16,19H,2-3H2,(H,11,17,18);1-2,4,6-8,12,14-15H,3H2,(H,10,13,16)/t5-,6-,7-,10-;4-,6-,7-,8-/m11/s1. The molecule has 37 heavy (non-hydrogen) atoms. The predicted molar refractivity (Wildman–Crippen MR) is 116 cm³/mol. The highest BCUT2D eigenvalue weighted by Crippen LogP contribution is 2.32. The first-order valence-electron chi connectivity index (χ1n) is 10.7. The minimum absolute atomic E-state index is 0.254. The summed E-state index contributed by atoms with van der Waals surface area (Å²) in [4.78, 5) is 49.1. The van der Waals surface area contributed by atoms with Gasteiger partial charge in [-0.2, -0.15) is 0 Å². The monoisotopic (exact) mass is 534 g/mol. The van der Waals surface area contributed by atoms with Crippen molar-refractivity contribution in [3.63, 3.8) is 0 Å². The van der Waals surface area contributed by atoms with Crippen molar-refractivity contribution in [3.05, 3.63) is 65.7 Å². The minimum Gasteiger partial charge on any atom is -0.394 e. The van der Waals surface area contributed by atoms with Gasteiger partial charge in [0.2, 0.25) is 0 Å². The smallest absolute Gasteiger partial charge is 0.332 e. The Morgan fingerprint density at radius 1 is 0.892 bits per heavy atom. The normalized spacial score (nSPS) is 33.2. The predicted octanol–water partition coefficient (Wildman–Crippen LogP) is -7.11. The zero-order valence-electron chi connectivity index (χ0n) is 18.8. The molecule has 0 saturated carbocycles. The van der Waals surface area contributed by atoms with Gasteiger partial charge in [-0.3, -0.25) is 24.1 Å². The Labute approximate surface area is 204 Å². The number of rotatable bonds is 5. The number of hydrogen-bond acceptors (Lipinski definition) is 14. The van der Waals surface area contributed by atoms with Gasteiger partial charge >= 0.3 is 11.4 Å². The lowest BCUT2D eigenvalue weighted by Gasteiger charge is -2.27. The number of aliphatic hydroxyl groups is 8. The van der Waals surface area contributed by atoms with Crippen LogP contribution in [0.5, 0.6) is 0 Å². The van der Waals surface area contributed by atoms with Crippen molar-refractivity contribution in [3.8, 4) is 0 Å². The highest BCUT2D eigenvalue weighted by atomic mass is 16.7. The molecular formula is C19H26N4O14. The van der Waals surface area contributed by atoms with Crippen molar-refractivity contribution < 1.29 is 50.3 Å². The van der Waals surface area contributed by atoms with Gasteiger partial charge in [0, 0.05) is 18.5 Å². The fraction of sp³-hybridized carbons (Fsp3) is 0.579. The molecule has 2 aromatic rings. The summed E-state index contributed by atoms with van der Waals surface area (Å²) in [5.74, 6) is -2.67. The van der Waals surface area contributed by atoms with Crippen LogP contribution in [-0.4, -0.2) is 110 Å². The Morgan fingerprint density at radius 2 is 1.54 bits per heavy atom. The molecule has 2 aliphatic rings. The summed E-state index contributed by atoms with van der Waals surface area (Å²) in [5, 5.41) is 75.6. The van der Waals surface area contributed by atoms with Gasteiger partial charge in [-0.1, -0.05) is 0 Å². The first-order valence-corrected chi connectivity index (χ1v) is 10.7. The topological polar surface area (TPSA) is 290 Å². The Balaban J connectivity index is 0.000000208. The number of aromatic amines is 2. The van der Waals surface area contributed by atoms with E-state index in [-0.39, 0.29) is 5.56 Å². The van der Waals surface area contributed by atoms with Crippen LogP contribution in [0.15, 0.2) is 37.6 Å². The number of hydrogen-bond donors (Lipinski definition) is 10. The van der Waals surface area contributed by atoms with Crippen molar-refractivity contribution in [1.29, 1.82) is 0 Å². The number of H-pyrrole nitrogens is 2. The van der Waals surface area contributed by atoms with Crippen LogP contribution in [0.4, 0.5) is 0 Å². The molecule has 2 aliphatic heterocycles. The van der Waals surface area contributed by atoms with E-state index in [1.54, 1.807) is 0 Å². The third kappa shape index (κ3) is 5.33. The van der Waals surface area contributed by atoms with Crippen molar-refractivity contribution in [2.45, 2.75) is 55.4 Å². The van der Waals surface area contributed by atoms with Gasteiger partial charge in [-0.05, 0) is 0 Å². The lowest BCUT2D eigenvalue weighted by molar-refractivity contribution is -0.291. The van der Waals surface area contributed by atoms with E-state index in [2.05, 4.69) is 0 Å². The number of ether oxygens (including phenoxy) is 2. The fourth-order valence-corrected chi connectivity index (χ4v) is 3.73. The van der Waals surface area contributed by atoms with Gasteiger partial charge in [0.05, 0.1) is 25.4 Å². The molecular weight excluding hydrogens is 508 g/mol. The highest BCUT2D eigenvalue weighted by molar-refractivity contribution is 5.06. The molecule has 0 amide bonds. The summed E-state index contributed by atoms with van der Waals surface area (Å²) in [7, 11) is 0. The van der Waals surface area contributed by atoms with Gasteiger partial charge in [0.1, 0.15) is 30.5 Å². The van der Waals surface area contributed by atoms with Gasteiger partial charge < -0.3 is 50.3 Å². The van der Waals surface area contributed by atoms with Gasteiger partial charge in [-0.15, -0.1) is 0 Å². The maximum atomic E-state index is 11.7. The van der Waals surface area contributed by atoms with Crippen LogP contribution in [0.2, 0.25) is 0 Å². The Morgan fingerprint density at radius 3 is 2.05 bits per heavy atom. The van der Waals surface area contributed by atoms with E-state index in [9.17, 15) is 44.7 Å². The second-order valence-corrected chi connectivity index (χ2v) is 8.12. The van der Waals surface area contributed by atoms with E-state index < -0.39 is 91.1 Å². The molecule has 0 aliphatic carbocycles. The zero-order valence-corrected chi connectivity index (χ0v) is 18.8. The molecule has 2 aromatic heterocycles. The van der Waals surface area contributed by atoms with Gasteiger partial charge in [0.15, 0.2) is 12.3 Å². The molecule has 10 N–H and O–H groups in total. The molecule has 206 valence electrons. The fourth-order valence-electron chi connectivity index (χ4n) is 3.73. The second-order valence-electron chi connectivity index (χ2n) is 8.12. The molecule has 0 aromatic carbocycles. The Bertz CT molecular complexity index is 1320. The van der Waals surface area contributed by atoms with Crippen LogP contribution in [-0.2, 0) is 22.0 Å². The maximum absolute atomic E-state index is 11.7. The molecule has 8 atom stereocenters. The van der Waals surface area contributed by atoms with E-state index >= 15 is 0 Å². The van der Waals surface area contributed by atoms with E-state index in [0.29, 0.717) is 4.57 Å². The van der Waals surface area contributed by atoms with E-state index in [0.717, 1.165) is 23.0 Å². The van der Waals surface area contributed by atoms with E-state index in [4.69, 9.17) is 24.8 Å². The quantitative estimate of drug-likeness (QED) is 0.171. The SMILES string of the molecule is O=c1[nH]c(=O)n([C@]2(O)O[C@H](CO)[C@@H](O)[C@H]2O)cc1CO.O=c1ccn([C@@H]2O[C@H](CO)[C@@H](O)[C@H]2O)c(=O)[nH]1. The molecule has 4 rings (SSSR count). The van der Waals surface area contributed by atoms with Crippen molar-refractivity contribution >= 4 is 0 Å². The summed E-state index contributed by atoms with van der Waals surface area (Å²) >= 11 is 0. The van der Waals surface area contributed by atoms with Gasteiger partial charge in [-0.25, -0.2) is 14.2 Å². The maximum Gasteiger partial charge on any atom is 0.332 e. The van der Waals surface area contributed by atoms with Crippen LogP contribution < -0.4 is 22.5 Å². The summed E-state index contributed by atoms with van der Waals surface area (Å²) in [6.45, 7) is -1.90. The summed E-state index contributed by atoms with van der Waals surface area (Å²) in [6, 6.07) is 1.09. The third-order valence-electron chi connectivity index (χ3n) is 5.77. The molecule has 2 fully saturated rings. The van der Waals surface area contributed by atoms with Crippen LogP contribution >= 0.6 is 0 Å². The molecule has 0 spiro atoms. The number of aliphatic hydroxyl groups excluding tert-OH is 7. The second kappa shape index (κ2) is 11.1. The molecule has 2 saturated heterocycles. The Hall–Kier alpha value is -3.04. The van der Waals surface area contributed by atoms with Crippen LogP contribution in [0.1, 0.15) is 11.8 Å². The molecule has 18 nitrogen and oxygen atoms in total. The third-order valence-corrected chi connectivity index (χ3v) is 5.77. The van der Waals surface area contributed by atoms with Crippen LogP contribution in [0.25, 0.3) is 0 Å². The number of nitrogens with one attached hydrogen (secondary N) is 2. The van der Waals surface area contributed by atoms with E-state index in [1.165, 1.54) is 0 Å². The highest BCUT2D eigenvalue weighted by Gasteiger charge is 2.55. The Kier molecular flexibility index (Phi) is 8.59. The van der Waals surface area contributed by atoms with E-state index in [1.807, 2.05) is 9.97 Å².